The second-order valence-electron chi connectivity index (χ2n) is 6.53. The molecule has 1 amide bonds. The van der Waals surface area contributed by atoms with Gasteiger partial charge in [-0.3, -0.25) is 4.79 Å². The van der Waals surface area contributed by atoms with E-state index in [1.54, 1.807) is 0 Å². The number of likely N-dealkylation sites (tertiary alicyclic amines) is 1. The van der Waals surface area contributed by atoms with Crippen molar-refractivity contribution in [3.63, 3.8) is 0 Å². The number of benzene rings is 1. The van der Waals surface area contributed by atoms with Gasteiger partial charge in [0, 0.05) is 23.9 Å². The highest BCUT2D eigenvalue weighted by molar-refractivity contribution is 8.00. The van der Waals surface area contributed by atoms with E-state index in [0.29, 0.717) is 24.8 Å². The number of hydrogen-bond donors (Lipinski definition) is 0. The van der Waals surface area contributed by atoms with Crippen molar-refractivity contribution in [2.24, 2.45) is 5.92 Å². The van der Waals surface area contributed by atoms with Gasteiger partial charge in [0.05, 0.1) is 23.5 Å². The van der Waals surface area contributed by atoms with E-state index in [1.807, 2.05) is 43.0 Å². The van der Waals surface area contributed by atoms with E-state index in [-0.39, 0.29) is 17.1 Å². The minimum absolute atomic E-state index is 0.159. The molecule has 0 N–H and O–H groups in total. The molecule has 2 fully saturated rings. The first-order valence-corrected chi connectivity index (χ1v) is 9.73. The van der Waals surface area contributed by atoms with Crippen molar-refractivity contribution >= 4 is 29.3 Å². The number of rotatable bonds is 4. The van der Waals surface area contributed by atoms with Gasteiger partial charge in [0.25, 0.3) is 0 Å². The Kier molecular flexibility index (Phi) is 5.75. The normalized spacial score (nSPS) is 24.8. The molecule has 1 aromatic carbocycles. The molecule has 0 unspecified atom stereocenters. The maximum atomic E-state index is 12.9. The molecule has 6 heteroatoms. The Morgan fingerprint density at radius 2 is 2.08 bits per heavy atom. The molecule has 4 nitrogen and oxygen atoms in total. The van der Waals surface area contributed by atoms with Crippen LogP contribution in [0.3, 0.4) is 0 Å². The van der Waals surface area contributed by atoms with Crippen LogP contribution in [0.25, 0.3) is 0 Å². The predicted octanol–water partition coefficient (Wildman–Crippen LogP) is 3.82. The highest BCUT2D eigenvalue weighted by Crippen LogP contribution is 2.36. The van der Waals surface area contributed by atoms with Crippen molar-refractivity contribution in [3.8, 4) is 0 Å². The number of thioether (sulfide) groups is 1. The SMILES string of the molecule is C[C@H](Sc1ccccc1Cl)C(=O)N1CCC[C@H](C2(C)OCCO2)C1. The van der Waals surface area contributed by atoms with Crippen LogP contribution in [0.1, 0.15) is 26.7 Å². The average Bonchev–Trinajstić information content (AvgIpc) is 3.04. The van der Waals surface area contributed by atoms with Crippen molar-refractivity contribution in [3.05, 3.63) is 29.3 Å². The van der Waals surface area contributed by atoms with Gasteiger partial charge in [-0.2, -0.15) is 0 Å². The first-order valence-electron chi connectivity index (χ1n) is 8.47. The summed E-state index contributed by atoms with van der Waals surface area (Å²) in [6, 6.07) is 7.65. The summed E-state index contributed by atoms with van der Waals surface area (Å²) in [6.07, 6.45) is 2.02. The van der Waals surface area contributed by atoms with Crippen LogP contribution >= 0.6 is 23.4 Å². The Morgan fingerprint density at radius 1 is 1.38 bits per heavy atom. The lowest BCUT2D eigenvalue weighted by Crippen LogP contribution is -2.50. The summed E-state index contributed by atoms with van der Waals surface area (Å²) in [5.41, 5.74) is 0. The molecule has 0 saturated carbocycles. The Labute approximate surface area is 152 Å². The zero-order valence-electron chi connectivity index (χ0n) is 14.2. The predicted molar refractivity (Wildman–Crippen MR) is 96.4 cm³/mol. The van der Waals surface area contributed by atoms with Gasteiger partial charge < -0.3 is 14.4 Å². The Balaban J connectivity index is 1.62. The quantitative estimate of drug-likeness (QED) is 0.756. The largest absolute Gasteiger partial charge is 0.347 e. The van der Waals surface area contributed by atoms with Gasteiger partial charge in [-0.1, -0.05) is 23.7 Å². The number of carbonyl (C=O) groups excluding carboxylic acids is 1. The smallest absolute Gasteiger partial charge is 0.235 e. The Hall–Kier alpha value is -0.750. The lowest BCUT2D eigenvalue weighted by atomic mass is 9.90. The van der Waals surface area contributed by atoms with E-state index in [1.165, 1.54) is 11.8 Å². The van der Waals surface area contributed by atoms with Gasteiger partial charge in [0.2, 0.25) is 5.91 Å². The molecule has 2 aliphatic heterocycles. The number of carbonyl (C=O) groups is 1. The van der Waals surface area contributed by atoms with E-state index >= 15 is 0 Å². The van der Waals surface area contributed by atoms with E-state index in [2.05, 4.69) is 0 Å². The van der Waals surface area contributed by atoms with Crippen LogP contribution in [0, 0.1) is 5.92 Å². The van der Waals surface area contributed by atoms with Crippen molar-refractivity contribution in [2.45, 2.75) is 42.6 Å². The van der Waals surface area contributed by atoms with Crippen molar-refractivity contribution in [2.75, 3.05) is 26.3 Å². The molecule has 2 aliphatic rings. The van der Waals surface area contributed by atoms with Crippen LogP contribution in [0.5, 0.6) is 0 Å². The number of halogens is 1. The number of hydrogen-bond acceptors (Lipinski definition) is 4. The van der Waals surface area contributed by atoms with Crippen LogP contribution in [0.15, 0.2) is 29.2 Å². The summed E-state index contributed by atoms with van der Waals surface area (Å²) in [4.78, 5) is 15.8. The van der Waals surface area contributed by atoms with Gasteiger partial charge >= 0.3 is 0 Å². The lowest BCUT2D eigenvalue weighted by molar-refractivity contribution is -0.192. The topological polar surface area (TPSA) is 38.8 Å². The molecule has 0 bridgehead atoms. The highest BCUT2D eigenvalue weighted by Gasteiger charge is 2.43. The second-order valence-corrected chi connectivity index (χ2v) is 8.32. The number of nitrogens with zero attached hydrogens (tertiary/aromatic N) is 1. The molecular formula is C18H24ClNO3S. The minimum Gasteiger partial charge on any atom is -0.347 e. The monoisotopic (exact) mass is 369 g/mol. The van der Waals surface area contributed by atoms with E-state index in [9.17, 15) is 4.79 Å². The summed E-state index contributed by atoms with van der Waals surface area (Å²) < 4.78 is 11.6. The van der Waals surface area contributed by atoms with Crippen molar-refractivity contribution in [1.29, 1.82) is 0 Å². The van der Waals surface area contributed by atoms with E-state index in [4.69, 9.17) is 21.1 Å². The maximum absolute atomic E-state index is 12.9. The number of ether oxygens (including phenoxy) is 2. The second kappa shape index (κ2) is 7.65. The van der Waals surface area contributed by atoms with E-state index < -0.39 is 5.79 Å². The molecular weight excluding hydrogens is 346 g/mol. The van der Waals surface area contributed by atoms with Gasteiger partial charge in [-0.05, 0) is 38.8 Å². The van der Waals surface area contributed by atoms with Gasteiger partial charge in [-0.25, -0.2) is 0 Å². The third-order valence-corrected chi connectivity index (χ3v) is 6.43. The molecule has 1 aromatic rings. The summed E-state index contributed by atoms with van der Waals surface area (Å²) >= 11 is 7.73. The molecule has 0 radical (unpaired) electrons. The van der Waals surface area contributed by atoms with Crippen LogP contribution in [0.2, 0.25) is 5.02 Å². The summed E-state index contributed by atoms with van der Waals surface area (Å²) in [5.74, 6) is -0.153. The zero-order chi connectivity index (χ0) is 17.2. The molecule has 2 atom stereocenters. The molecule has 0 spiro atoms. The highest BCUT2D eigenvalue weighted by atomic mass is 35.5. The zero-order valence-corrected chi connectivity index (χ0v) is 15.7. The first kappa shape index (κ1) is 18.1. The average molecular weight is 370 g/mol. The molecule has 3 rings (SSSR count). The van der Waals surface area contributed by atoms with Crippen molar-refractivity contribution < 1.29 is 14.3 Å². The molecule has 0 aromatic heterocycles. The summed E-state index contributed by atoms with van der Waals surface area (Å²) in [5, 5.41) is 0.529. The van der Waals surface area contributed by atoms with Crippen molar-refractivity contribution in [1.82, 2.24) is 4.90 Å². The standard InChI is InChI=1S/C18H24ClNO3S/c1-13(24-16-8-4-3-7-15(16)19)17(21)20-9-5-6-14(12-20)18(2)22-10-11-23-18/h3-4,7-8,13-14H,5-6,9-12H2,1-2H3/t13-,14-/m0/s1. The Morgan fingerprint density at radius 3 is 2.79 bits per heavy atom. The van der Waals surface area contributed by atoms with Crippen LogP contribution in [0.4, 0.5) is 0 Å². The fourth-order valence-electron chi connectivity index (χ4n) is 3.41. The summed E-state index contributed by atoms with van der Waals surface area (Å²) in [7, 11) is 0. The van der Waals surface area contributed by atoms with Gasteiger partial charge in [0.15, 0.2) is 5.79 Å². The third kappa shape index (κ3) is 3.90. The fourth-order valence-corrected chi connectivity index (χ4v) is 4.65. The van der Waals surface area contributed by atoms with Gasteiger partial charge in [0.1, 0.15) is 0 Å². The van der Waals surface area contributed by atoms with Crippen LogP contribution in [-0.4, -0.2) is 48.1 Å². The fraction of sp³-hybridized carbons (Fsp3) is 0.611. The van der Waals surface area contributed by atoms with E-state index in [0.717, 1.165) is 24.3 Å². The first-order chi connectivity index (χ1) is 11.5. The molecule has 132 valence electrons. The molecule has 2 heterocycles. The van der Waals surface area contributed by atoms with Crippen LogP contribution in [-0.2, 0) is 14.3 Å². The van der Waals surface area contributed by atoms with Crippen LogP contribution < -0.4 is 0 Å². The third-order valence-electron chi connectivity index (χ3n) is 4.82. The maximum Gasteiger partial charge on any atom is 0.235 e. The number of piperidine rings is 1. The lowest BCUT2D eigenvalue weighted by Gasteiger charge is -2.40. The van der Waals surface area contributed by atoms with Gasteiger partial charge in [-0.15, -0.1) is 11.8 Å². The Bertz CT molecular complexity index is 591. The minimum atomic E-state index is -0.544. The number of amides is 1. The molecule has 24 heavy (non-hydrogen) atoms. The summed E-state index contributed by atoms with van der Waals surface area (Å²) in [6.45, 7) is 6.73. The molecule has 0 aliphatic carbocycles. The molecule has 2 saturated heterocycles.